The molecular weight excluding hydrogens is 334 g/mol. The van der Waals surface area contributed by atoms with Crippen molar-refractivity contribution in [3.8, 4) is 5.88 Å². The van der Waals surface area contributed by atoms with Gasteiger partial charge in [-0.1, -0.05) is 0 Å². The van der Waals surface area contributed by atoms with Crippen LogP contribution >= 0.6 is 0 Å². The molecule has 1 aromatic rings. The molecule has 2 amide bonds. The number of carbonyl (C=O) groups excluding carboxylic acids is 1. The van der Waals surface area contributed by atoms with E-state index >= 15 is 0 Å². The number of hydrogen-bond acceptors (Lipinski definition) is 4. The molecule has 2 aliphatic rings. The average molecular weight is 361 g/mol. The molecule has 3 rings (SSSR count). The van der Waals surface area contributed by atoms with Crippen LogP contribution in [-0.2, 0) is 11.3 Å². The Bertz CT molecular complexity index is 623. The van der Waals surface area contributed by atoms with Gasteiger partial charge in [-0.25, -0.2) is 9.78 Å². The molecule has 0 aliphatic heterocycles. The number of urea groups is 1. The summed E-state index contributed by atoms with van der Waals surface area (Å²) in [6.07, 6.45) is 9.19. The average Bonchev–Trinajstić information content (AvgIpc) is 3.14. The highest BCUT2D eigenvalue weighted by atomic mass is 16.5. The van der Waals surface area contributed by atoms with Crippen molar-refractivity contribution in [3.05, 3.63) is 23.9 Å². The summed E-state index contributed by atoms with van der Waals surface area (Å²) in [4.78, 5) is 27.3. The molecule has 0 unspecified atom stereocenters. The fourth-order valence-electron chi connectivity index (χ4n) is 3.71. The lowest BCUT2D eigenvalue weighted by Crippen LogP contribution is -2.43. The van der Waals surface area contributed by atoms with Gasteiger partial charge in [0.05, 0.1) is 5.92 Å². The van der Waals surface area contributed by atoms with E-state index in [0.29, 0.717) is 38.1 Å². The summed E-state index contributed by atoms with van der Waals surface area (Å²) < 4.78 is 5.89. The summed E-state index contributed by atoms with van der Waals surface area (Å²) in [5.41, 5.74) is 0.942. The van der Waals surface area contributed by atoms with Crippen molar-refractivity contribution >= 4 is 12.0 Å². The maximum absolute atomic E-state index is 12.1. The van der Waals surface area contributed by atoms with E-state index in [9.17, 15) is 9.59 Å². The van der Waals surface area contributed by atoms with Crippen molar-refractivity contribution in [2.45, 2.75) is 70.1 Å². The minimum atomic E-state index is -0.735. The number of hydrogen-bond donors (Lipinski definition) is 3. The molecule has 7 nitrogen and oxygen atoms in total. The molecule has 0 saturated heterocycles. The second-order valence-electron chi connectivity index (χ2n) is 7.24. The van der Waals surface area contributed by atoms with Crippen molar-refractivity contribution in [2.24, 2.45) is 5.92 Å². The molecule has 142 valence electrons. The van der Waals surface area contributed by atoms with Crippen molar-refractivity contribution < 1.29 is 19.4 Å². The number of aliphatic carboxylic acids is 1. The maximum Gasteiger partial charge on any atom is 0.315 e. The number of pyridine rings is 1. The van der Waals surface area contributed by atoms with Crippen molar-refractivity contribution in [2.75, 3.05) is 0 Å². The fraction of sp³-hybridized carbons (Fsp3) is 0.632. The molecule has 0 bridgehead atoms. The van der Waals surface area contributed by atoms with Gasteiger partial charge in [0, 0.05) is 24.8 Å². The molecule has 7 heteroatoms. The fourth-order valence-corrected chi connectivity index (χ4v) is 3.71. The first-order valence-corrected chi connectivity index (χ1v) is 9.49. The van der Waals surface area contributed by atoms with E-state index < -0.39 is 5.97 Å². The van der Waals surface area contributed by atoms with Gasteiger partial charge >= 0.3 is 12.0 Å². The van der Waals surface area contributed by atoms with Gasteiger partial charge in [-0.15, -0.1) is 0 Å². The molecule has 0 atom stereocenters. The lowest BCUT2D eigenvalue weighted by atomic mass is 9.86. The van der Waals surface area contributed by atoms with Crippen LogP contribution in [0.2, 0.25) is 0 Å². The van der Waals surface area contributed by atoms with Gasteiger partial charge < -0.3 is 20.5 Å². The van der Waals surface area contributed by atoms with Crippen LogP contribution in [0.25, 0.3) is 0 Å². The molecule has 1 aromatic heterocycles. The molecule has 0 radical (unpaired) electrons. The molecule has 0 aromatic carbocycles. The number of nitrogens with zero attached hydrogens (tertiary/aromatic N) is 1. The minimum absolute atomic E-state index is 0.0456. The van der Waals surface area contributed by atoms with E-state index in [4.69, 9.17) is 9.84 Å². The Morgan fingerprint density at radius 1 is 1.15 bits per heavy atom. The van der Waals surface area contributed by atoms with Gasteiger partial charge in [0.25, 0.3) is 0 Å². The summed E-state index contributed by atoms with van der Waals surface area (Å²) in [5, 5.41) is 14.8. The van der Waals surface area contributed by atoms with E-state index in [1.807, 2.05) is 12.1 Å². The Hall–Kier alpha value is -2.31. The second-order valence-corrected chi connectivity index (χ2v) is 7.24. The van der Waals surface area contributed by atoms with Crippen LogP contribution in [0.4, 0.5) is 4.79 Å². The van der Waals surface area contributed by atoms with E-state index in [-0.39, 0.29) is 24.1 Å². The predicted molar refractivity (Wildman–Crippen MR) is 95.9 cm³/mol. The number of ether oxygens (including phenoxy) is 1. The Labute approximate surface area is 153 Å². The van der Waals surface area contributed by atoms with Crippen molar-refractivity contribution in [1.82, 2.24) is 15.6 Å². The highest BCUT2D eigenvalue weighted by molar-refractivity contribution is 5.74. The van der Waals surface area contributed by atoms with E-state index in [1.54, 1.807) is 6.20 Å². The quantitative estimate of drug-likeness (QED) is 0.723. The van der Waals surface area contributed by atoms with Crippen LogP contribution in [0.15, 0.2) is 18.3 Å². The molecular formula is C19H27N3O4. The number of carbonyl (C=O) groups is 2. The summed E-state index contributed by atoms with van der Waals surface area (Å²) >= 11 is 0. The number of carboxylic acid groups (broad SMARTS) is 1. The number of nitrogens with one attached hydrogen (secondary N) is 2. The Morgan fingerprint density at radius 2 is 1.88 bits per heavy atom. The predicted octanol–water partition coefficient (Wildman–Crippen LogP) is 2.85. The Morgan fingerprint density at radius 3 is 2.58 bits per heavy atom. The SMILES string of the molecule is O=C(NCc1ccnc(OC2CCCC2)c1)NC1CCC(C(=O)O)CC1. The number of rotatable bonds is 6. The first kappa shape index (κ1) is 18.5. The molecule has 3 N–H and O–H groups in total. The highest BCUT2D eigenvalue weighted by Gasteiger charge is 2.26. The normalized spacial score (nSPS) is 23.4. The van der Waals surface area contributed by atoms with Gasteiger partial charge in [-0.2, -0.15) is 0 Å². The van der Waals surface area contributed by atoms with Gasteiger partial charge in [-0.3, -0.25) is 4.79 Å². The number of carboxylic acids is 1. The monoisotopic (exact) mass is 361 g/mol. The van der Waals surface area contributed by atoms with Crippen LogP contribution in [0.5, 0.6) is 5.88 Å². The van der Waals surface area contributed by atoms with E-state index in [2.05, 4.69) is 15.6 Å². The van der Waals surface area contributed by atoms with Crippen LogP contribution in [0.3, 0.4) is 0 Å². The summed E-state index contributed by atoms with van der Waals surface area (Å²) in [7, 11) is 0. The van der Waals surface area contributed by atoms with Crippen molar-refractivity contribution in [1.29, 1.82) is 0 Å². The first-order valence-electron chi connectivity index (χ1n) is 9.49. The van der Waals surface area contributed by atoms with Gasteiger partial charge in [-0.05, 0) is 63.0 Å². The third-order valence-electron chi connectivity index (χ3n) is 5.25. The molecule has 2 aliphatic carbocycles. The Balaban J connectivity index is 1.41. The smallest absolute Gasteiger partial charge is 0.315 e. The summed E-state index contributed by atoms with van der Waals surface area (Å²) in [6, 6.07) is 3.56. The molecule has 2 fully saturated rings. The van der Waals surface area contributed by atoms with Gasteiger partial charge in [0.2, 0.25) is 5.88 Å². The second kappa shape index (κ2) is 8.87. The largest absolute Gasteiger partial charge is 0.481 e. The topological polar surface area (TPSA) is 101 Å². The van der Waals surface area contributed by atoms with Crippen LogP contribution in [0.1, 0.15) is 56.9 Å². The summed E-state index contributed by atoms with van der Waals surface area (Å²) in [6.45, 7) is 0.403. The van der Waals surface area contributed by atoms with Crippen LogP contribution in [-0.4, -0.2) is 34.2 Å². The third kappa shape index (κ3) is 5.34. The van der Waals surface area contributed by atoms with Crippen LogP contribution in [0, 0.1) is 5.92 Å². The zero-order valence-corrected chi connectivity index (χ0v) is 14.9. The molecule has 26 heavy (non-hydrogen) atoms. The van der Waals surface area contributed by atoms with Gasteiger partial charge in [0.15, 0.2) is 0 Å². The standard InChI is InChI=1S/C19H27N3O4/c23-18(24)14-5-7-15(8-6-14)22-19(25)21-12-13-9-10-20-17(11-13)26-16-3-1-2-4-16/h9-11,14-16H,1-8,12H2,(H,23,24)(H2,21,22,25). The lowest BCUT2D eigenvalue weighted by Gasteiger charge is -2.26. The summed E-state index contributed by atoms with van der Waals surface area (Å²) in [5.74, 6) is -0.393. The van der Waals surface area contributed by atoms with Gasteiger partial charge in [0.1, 0.15) is 6.10 Å². The zero-order chi connectivity index (χ0) is 18.4. The molecule has 0 spiro atoms. The number of amides is 2. The zero-order valence-electron chi connectivity index (χ0n) is 14.9. The highest BCUT2D eigenvalue weighted by Crippen LogP contribution is 2.25. The minimum Gasteiger partial charge on any atom is -0.481 e. The van der Waals surface area contributed by atoms with Crippen molar-refractivity contribution in [3.63, 3.8) is 0 Å². The third-order valence-corrected chi connectivity index (χ3v) is 5.25. The molecule has 2 saturated carbocycles. The molecule has 1 heterocycles. The van der Waals surface area contributed by atoms with Crippen LogP contribution < -0.4 is 15.4 Å². The van der Waals surface area contributed by atoms with E-state index in [1.165, 1.54) is 12.8 Å². The number of aromatic nitrogens is 1. The maximum atomic E-state index is 12.1. The first-order chi connectivity index (χ1) is 12.6. The van der Waals surface area contributed by atoms with E-state index in [0.717, 1.165) is 18.4 Å². The lowest BCUT2D eigenvalue weighted by molar-refractivity contribution is -0.142. The Kier molecular flexibility index (Phi) is 6.30.